The van der Waals surface area contributed by atoms with Gasteiger partial charge in [0.25, 0.3) is 0 Å². The Morgan fingerprint density at radius 1 is 0.525 bits per heavy atom. The molecule has 0 aliphatic carbocycles. The van der Waals surface area contributed by atoms with Crippen molar-refractivity contribution < 1.29 is 47.4 Å². The zero-order valence-electron chi connectivity index (χ0n) is 33.0. The lowest BCUT2D eigenvalue weighted by Crippen LogP contribution is -2.66. The Labute approximate surface area is 360 Å². The molecule has 0 bridgehead atoms. The van der Waals surface area contributed by atoms with E-state index in [1.54, 1.807) is 7.11 Å². The number of methoxy groups -OCH3 is 1. The van der Waals surface area contributed by atoms with E-state index in [1.807, 2.05) is 127 Å². The molecule has 11 heteroatoms. The molecule has 3 aliphatic heterocycles. The van der Waals surface area contributed by atoms with Crippen molar-refractivity contribution in [1.82, 2.24) is 0 Å². The number of hydrogen-bond acceptors (Lipinski definition) is 10. The van der Waals surface area contributed by atoms with Gasteiger partial charge in [-0.1, -0.05) is 174 Å². The molecule has 3 aliphatic rings. The monoisotopic (exact) mass is 914 g/mol. The summed E-state index contributed by atoms with van der Waals surface area (Å²) in [5.41, 5.74) is 5.06. The molecule has 0 saturated carbocycles. The van der Waals surface area contributed by atoms with E-state index in [4.69, 9.17) is 47.4 Å². The van der Waals surface area contributed by atoms with E-state index in [0.717, 1.165) is 27.8 Å². The number of alkyl halides is 1. The summed E-state index contributed by atoms with van der Waals surface area (Å²) < 4.78 is 66.0. The average molecular weight is 915 g/mol. The summed E-state index contributed by atoms with van der Waals surface area (Å²) in [6.07, 6.45) is -6.22. The number of ether oxygens (including phenoxy) is 10. The largest absolute Gasteiger partial charge is 0.374 e. The fraction of sp³-hybridized carbons (Fsp3) is 0.375. The summed E-state index contributed by atoms with van der Waals surface area (Å²) >= 11 is 2.38. The molecule has 3 saturated heterocycles. The lowest BCUT2D eigenvalue weighted by molar-refractivity contribution is -0.387. The Morgan fingerprint density at radius 3 is 1.56 bits per heavy atom. The molecule has 8 rings (SSSR count). The predicted octanol–water partition coefficient (Wildman–Crippen LogP) is 8.36. The lowest BCUT2D eigenvalue weighted by Gasteiger charge is -2.51. The molecular weight excluding hydrogens is 863 g/mol. The van der Waals surface area contributed by atoms with Gasteiger partial charge in [-0.25, -0.2) is 0 Å². The summed E-state index contributed by atoms with van der Waals surface area (Å²) in [6.45, 7) is 1.98. The molecule has 10 nitrogen and oxygen atoms in total. The molecule has 0 amide bonds. The molecule has 59 heavy (non-hydrogen) atoms. The van der Waals surface area contributed by atoms with Gasteiger partial charge in [-0.05, 0) is 22.3 Å². The highest BCUT2D eigenvalue weighted by Gasteiger charge is 2.55. The summed E-state index contributed by atoms with van der Waals surface area (Å²) in [5.74, 6) is 0. The highest BCUT2D eigenvalue weighted by Crippen LogP contribution is 2.40. The smallest absolute Gasteiger partial charge is 0.186 e. The van der Waals surface area contributed by atoms with Gasteiger partial charge >= 0.3 is 0 Å². The first-order valence-electron chi connectivity index (χ1n) is 20.2. The van der Waals surface area contributed by atoms with Crippen LogP contribution in [0.4, 0.5) is 0 Å². The van der Waals surface area contributed by atoms with Crippen molar-refractivity contribution in [2.24, 2.45) is 0 Å². The first-order chi connectivity index (χ1) is 29.1. The van der Waals surface area contributed by atoms with Crippen molar-refractivity contribution in [2.45, 2.75) is 92.0 Å². The van der Waals surface area contributed by atoms with Crippen molar-refractivity contribution in [1.29, 1.82) is 0 Å². The van der Waals surface area contributed by atoms with E-state index >= 15 is 0 Å². The van der Waals surface area contributed by atoms with E-state index in [1.165, 1.54) is 0 Å². The summed E-state index contributed by atoms with van der Waals surface area (Å²) in [5, 5.41) is 0. The molecule has 1 unspecified atom stereocenters. The fourth-order valence-electron chi connectivity index (χ4n) is 7.67. The maximum atomic E-state index is 7.11. The second-order valence-corrected chi connectivity index (χ2v) is 16.3. The van der Waals surface area contributed by atoms with E-state index in [-0.39, 0.29) is 17.1 Å². The molecule has 5 aromatic carbocycles. The van der Waals surface area contributed by atoms with Gasteiger partial charge in [0.05, 0.1) is 43.6 Å². The van der Waals surface area contributed by atoms with Crippen LogP contribution in [0, 0.1) is 0 Å². The molecule has 310 valence electrons. The number of hydrogen-bond donors (Lipinski definition) is 0. The van der Waals surface area contributed by atoms with Gasteiger partial charge < -0.3 is 47.4 Å². The summed E-state index contributed by atoms with van der Waals surface area (Å²) in [4.78, 5) is 0. The molecule has 0 aromatic heterocycles. The van der Waals surface area contributed by atoms with Crippen LogP contribution in [0.25, 0.3) is 0 Å². The molecule has 3 heterocycles. The van der Waals surface area contributed by atoms with Crippen molar-refractivity contribution in [3.63, 3.8) is 0 Å². The van der Waals surface area contributed by atoms with Gasteiger partial charge in [0.1, 0.15) is 42.7 Å². The average Bonchev–Trinajstić information content (AvgIpc) is 3.30. The third-order valence-electron chi connectivity index (χ3n) is 10.7. The molecule has 0 N–H and O–H groups in total. The minimum absolute atomic E-state index is 0.232. The van der Waals surface area contributed by atoms with Crippen molar-refractivity contribution in [3.05, 3.63) is 179 Å². The van der Waals surface area contributed by atoms with Crippen LogP contribution < -0.4 is 0 Å². The Morgan fingerprint density at radius 2 is 1.02 bits per heavy atom. The van der Waals surface area contributed by atoms with Crippen LogP contribution in [0.3, 0.4) is 0 Å². The normalized spacial score (nSPS) is 29.4. The Kier molecular flexibility index (Phi) is 15.2. The predicted molar refractivity (Wildman–Crippen MR) is 228 cm³/mol. The first-order valence-corrected chi connectivity index (χ1v) is 21.4. The Hall–Kier alpha value is -3.57. The van der Waals surface area contributed by atoms with E-state index < -0.39 is 61.6 Å². The SMILES string of the molecule is CO[C@H]1O[C@@H]2COC(c3ccccc3)O[C@H]2[C@H](OCc2ccccc2)[C@H]1O[C@@H]1O[C@H](COCc2ccccc2)[C@@H](OCc2ccccc2)[C@@H](OCc2ccccc2)[C@H]1I. The highest BCUT2D eigenvalue weighted by atomic mass is 127. The fourth-order valence-corrected chi connectivity index (χ4v) is 8.63. The number of fused-ring (bicyclic) bond motifs is 1. The Bertz CT molecular complexity index is 1950. The van der Waals surface area contributed by atoms with Gasteiger partial charge in [0.2, 0.25) is 0 Å². The molecule has 5 aromatic rings. The minimum atomic E-state index is -0.826. The van der Waals surface area contributed by atoms with Crippen LogP contribution >= 0.6 is 22.6 Å². The van der Waals surface area contributed by atoms with Gasteiger partial charge in [-0.2, -0.15) is 0 Å². The Balaban J connectivity index is 1.09. The van der Waals surface area contributed by atoms with Gasteiger partial charge in [0, 0.05) is 12.7 Å². The van der Waals surface area contributed by atoms with Crippen molar-refractivity contribution in [3.8, 4) is 0 Å². The van der Waals surface area contributed by atoms with Crippen LogP contribution in [0.1, 0.15) is 34.1 Å². The van der Waals surface area contributed by atoms with Crippen LogP contribution in [0.2, 0.25) is 0 Å². The third kappa shape index (κ3) is 11.0. The number of rotatable bonds is 17. The second kappa shape index (κ2) is 21.3. The third-order valence-corrected chi connectivity index (χ3v) is 12.0. The van der Waals surface area contributed by atoms with Gasteiger partial charge in [-0.3, -0.25) is 0 Å². The summed E-state index contributed by atoms with van der Waals surface area (Å²) in [6, 6.07) is 50.3. The molecular formula is C48H51IO10. The zero-order valence-corrected chi connectivity index (χ0v) is 35.1. The van der Waals surface area contributed by atoms with E-state index in [2.05, 4.69) is 46.9 Å². The van der Waals surface area contributed by atoms with Crippen LogP contribution in [0.15, 0.2) is 152 Å². The van der Waals surface area contributed by atoms with E-state index in [0.29, 0.717) is 26.4 Å². The van der Waals surface area contributed by atoms with Crippen LogP contribution in [-0.4, -0.2) is 79.6 Å². The maximum Gasteiger partial charge on any atom is 0.186 e. The van der Waals surface area contributed by atoms with Crippen LogP contribution in [0.5, 0.6) is 0 Å². The number of halogens is 1. The van der Waals surface area contributed by atoms with Gasteiger partial charge in [0.15, 0.2) is 18.9 Å². The minimum Gasteiger partial charge on any atom is -0.374 e. The van der Waals surface area contributed by atoms with Crippen molar-refractivity contribution in [2.75, 3.05) is 20.3 Å². The zero-order chi connectivity index (χ0) is 40.2. The van der Waals surface area contributed by atoms with E-state index in [9.17, 15) is 0 Å². The van der Waals surface area contributed by atoms with Crippen molar-refractivity contribution >= 4 is 22.6 Å². The van der Waals surface area contributed by atoms with Crippen LogP contribution in [-0.2, 0) is 73.8 Å². The molecule has 3 fully saturated rings. The maximum absolute atomic E-state index is 7.11. The molecule has 0 spiro atoms. The van der Waals surface area contributed by atoms with Gasteiger partial charge in [-0.15, -0.1) is 0 Å². The highest BCUT2D eigenvalue weighted by molar-refractivity contribution is 14.1. The second-order valence-electron chi connectivity index (χ2n) is 14.8. The summed E-state index contributed by atoms with van der Waals surface area (Å²) in [7, 11) is 1.61. The quantitative estimate of drug-likeness (QED) is 0.0670. The topological polar surface area (TPSA) is 92.3 Å². The number of benzene rings is 5. The first kappa shape index (κ1) is 42.1. The molecule has 11 atom stereocenters. The molecule has 0 radical (unpaired) electrons. The lowest BCUT2D eigenvalue weighted by atomic mass is 9.96. The standard InChI is InChI=1S/C48H51IO10/c1-50-48-45(44(54-30-36-23-13-5-14-24-36)42-39(57-48)32-55-46(58-42)37-25-15-6-16-26-37)59-47-40(49)43(53-29-35-21-11-4-12-22-35)41(52-28-34-19-9-3-10-20-34)38(56-47)31-51-27-33-17-7-2-8-18-33/h2-26,38-48H,27-32H2,1H3/t38-,39-,40-,41-,42-,43+,44+,45-,46?,47+,48+/m1/s1.